The quantitative estimate of drug-likeness (QED) is 0.522. The Kier molecular flexibility index (Phi) is 4.25. The van der Waals surface area contributed by atoms with Gasteiger partial charge in [0.15, 0.2) is 0 Å². The van der Waals surface area contributed by atoms with Crippen molar-refractivity contribution < 1.29 is 0 Å². The maximum Gasteiger partial charge on any atom is 0.128 e. The van der Waals surface area contributed by atoms with Gasteiger partial charge in [-0.25, -0.2) is 4.98 Å². The molecule has 0 amide bonds. The molecule has 1 heterocycles. The molecule has 2 aromatic carbocycles. The lowest BCUT2D eigenvalue weighted by molar-refractivity contribution is 0.740. The summed E-state index contributed by atoms with van der Waals surface area (Å²) in [7, 11) is 0. The summed E-state index contributed by atoms with van der Waals surface area (Å²) in [6.45, 7) is 2.63. The Bertz CT molecular complexity index is 796. The second kappa shape index (κ2) is 5.99. The summed E-state index contributed by atoms with van der Waals surface area (Å²) < 4.78 is 3.20. The van der Waals surface area contributed by atoms with Gasteiger partial charge in [0, 0.05) is 9.50 Å². The SMILES string of the molecule is CC(Cl)c1nc2ccc(Cl)cc2n1Cc1ccccc1Br. The van der Waals surface area contributed by atoms with Crippen LogP contribution in [0.25, 0.3) is 11.0 Å². The summed E-state index contributed by atoms with van der Waals surface area (Å²) in [5, 5.41) is 0.531. The molecule has 1 aromatic heterocycles. The molecule has 0 fully saturated rings. The molecule has 0 aliphatic rings. The van der Waals surface area contributed by atoms with Crippen molar-refractivity contribution in [2.24, 2.45) is 0 Å². The van der Waals surface area contributed by atoms with Gasteiger partial charge in [0.1, 0.15) is 5.82 Å². The maximum atomic E-state index is 6.30. The average Bonchev–Trinajstić information content (AvgIpc) is 2.80. The molecule has 0 aliphatic carbocycles. The number of benzene rings is 2. The zero-order valence-corrected chi connectivity index (χ0v) is 14.5. The zero-order valence-electron chi connectivity index (χ0n) is 11.4. The molecule has 5 heteroatoms. The van der Waals surface area contributed by atoms with Crippen LogP contribution in [0.15, 0.2) is 46.9 Å². The number of halogens is 3. The van der Waals surface area contributed by atoms with E-state index < -0.39 is 0 Å². The molecular formula is C16H13BrCl2N2. The van der Waals surface area contributed by atoms with Crippen molar-refractivity contribution in [3.8, 4) is 0 Å². The first-order valence-corrected chi connectivity index (χ1v) is 8.20. The molecule has 0 radical (unpaired) electrons. The Morgan fingerprint density at radius 2 is 2.00 bits per heavy atom. The Morgan fingerprint density at radius 1 is 1.24 bits per heavy atom. The molecule has 0 N–H and O–H groups in total. The highest BCUT2D eigenvalue weighted by atomic mass is 79.9. The van der Waals surface area contributed by atoms with Crippen molar-refractivity contribution in [3.63, 3.8) is 0 Å². The molecule has 0 bridgehead atoms. The third-order valence-electron chi connectivity index (χ3n) is 3.38. The first-order valence-electron chi connectivity index (χ1n) is 6.59. The number of fused-ring (bicyclic) bond motifs is 1. The molecule has 0 spiro atoms. The molecule has 108 valence electrons. The van der Waals surface area contributed by atoms with E-state index >= 15 is 0 Å². The Morgan fingerprint density at radius 3 is 2.71 bits per heavy atom. The summed E-state index contributed by atoms with van der Waals surface area (Å²) in [6.07, 6.45) is 0. The van der Waals surface area contributed by atoms with Crippen LogP contribution in [-0.2, 0) is 6.54 Å². The molecule has 1 atom stereocenters. The van der Waals surface area contributed by atoms with Gasteiger partial charge in [0.05, 0.1) is 23.0 Å². The minimum absolute atomic E-state index is 0.168. The second-order valence-electron chi connectivity index (χ2n) is 4.90. The van der Waals surface area contributed by atoms with Crippen molar-refractivity contribution in [3.05, 3.63) is 63.3 Å². The monoisotopic (exact) mass is 382 g/mol. The minimum atomic E-state index is -0.168. The lowest BCUT2D eigenvalue weighted by Gasteiger charge is -2.12. The van der Waals surface area contributed by atoms with Crippen molar-refractivity contribution in [1.82, 2.24) is 9.55 Å². The largest absolute Gasteiger partial charge is 0.322 e. The van der Waals surface area contributed by atoms with Crippen molar-refractivity contribution in [1.29, 1.82) is 0 Å². The summed E-state index contributed by atoms with van der Waals surface area (Å²) in [5.74, 6) is 0.852. The number of imidazole rings is 1. The number of rotatable bonds is 3. The summed E-state index contributed by atoms with van der Waals surface area (Å²) in [5.41, 5.74) is 3.09. The van der Waals surface area contributed by atoms with Gasteiger partial charge in [-0.1, -0.05) is 45.7 Å². The fourth-order valence-corrected chi connectivity index (χ4v) is 3.12. The lowest BCUT2D eigenvalue weighted by Crippen LogP contribution is -2.06. The van der Waals surface area contributed by atoms with E-state index in [4.69, 9.17) is 23.2 Å². The molecule has 0 saturated heterocycles. The zero-order chi connectivity index (χ0) is 15.0. The van der Waals surface area contributed by atoms with E-state index in [0.717, 1.165) is 21.3 Å². The van der Waals surface area contributed by atoms with Crippen LogP contribution in [0.4, 0.5) is 0 Å². The van der Waals surface area contributed by atoms with E-state index in [1.165, 1.54) is 5.56 Å². The highest BCUT2D eigenvalue weighted by Gasteiger charge is 2.16. The van der Waals surface area contributed by atoms with Crippen molar-refractivity contribution in [2.45, 2.75) is 18.8 Å². The maximum absolute atomic E-state index is 6.30. The van der Waals surface area contributed by atoms with Crippen LogP contribution < -0.4 is 0 Å². The molecule has 0 saturated carbocycles. The van der Waals surface area contributed by atoms with Gasteiger partial charge in [-0.2, -0.15) is 0 Å². The molecule has 0 aliphatic heterocycles. The van der Waals surface area contributed by atoms with Crippen molar-refractivity contribution in [2.75, 3.05) is 0 Å². The minimum Gasteiger partial charge on any atom is -0.322 e. The topological polar surface area (TPSA) is 17.8 Å². The third kappa shape index (κ3) is 2.96. The number of nitrogens with zero attached hydrogens (tertiary/aromatic N) is 2. The first kappa shape index (κ1) is 14.9. The van der Waals surface area contributed by atoms with Crippen molar-refractivity contribution >= 4 is 50.2 Å². The van der Waals surface area contributed by atoms with Gasteiger partial charge < -0.3 is 4.57 Å². The summed E-state index contributed by atoms with van der Waals surface area (Å²) in [4.78, 5) is 4.64. The highest BCUT2D eigenvalue weighted by molar-refractivity contribution is 9.10. The van der Waals surface area contributed by atoms with Gasteiger partial charge in [0.2, 0.25) is 0 Å². The van der Waals surface area contributed by atoms with Crippen LogP contribution in [0.1, 0.15) is 23.7 Å². The molecule has 3 rings (SSSR count). The van der Waals surface area contributed by atoms with Crippen LogP contribution >= 0.6 is 39.1 Å². The van der Waals surface area contributed by atoms with Crippen LogP contribution in [-0.4, -0.2) is 9.55 Å². The molecular weight excluding hydrogens is 371 g/mol. The number of hydrogen-bond donors (Lipinski definition) is 0. The van der Waals surface area contributed by atoms with E-state index in [2.05, 4.69) is 31.5 Å². The van der Waals surface area contributed by atoms with Gasteiger partial charge in [-0.05, 0) is 36.8 Å². The van der Waals surface area contributed by atoms with E-state index in [0.29, 0.717) is 11.6 Å². The summed E-state index contributed by atoms with van der Waals surface area (Å²) in [6, 6.07) is 13.9. The van der Waals surface area contributed by atoms with Crippen LogP contribution in [0.2, 0.25) is 5.02 Å². The van der Waals surface area contributed by atoms with E-state index in [1.54, 1.807) is 0 Å². The smallest absolute Gasteiger partial charge is 0.128 e. The van der Waals surface area contributed by atoms with E-state index in [1.807, 2.05) is 43.3 Å². The first-order chi connectivity index (χ1) is 10.1. The number of alkyl halides is 1. The Balaban J connectivity index is 2.17. The average molecular weight is 384 g/mol. The highest BCUT2D eigenvalue weighted by Crippen LogP contribution is 2.28. The molecule has 21 heavy (non-hydrogen) atoms. The number of aromatic nitrogens is 2. The third-order valence-corrected chi connectivity index (χ3v) is 4.59. The van der Waals surface area contributed by atoms with Crippen LogP contribution in [0, 0.1) is 0 Å². The Labute approximate surface area is 141 Å². The van der Waals surface area contributed by atoms with Crippen LogP contribution in [0.5, 0.6) is 0 Å². The van der Waals surface area contributed by atoms with Gasteiger partial charge in [-0.3, -0.25) is 0 Å². The fourth-order valence-electron chi connectivity index (χ4n) is 2.38. The summed E-state index contributed by atoms with van der Waals surface area (Å²) >= 11 is 16.0. The predicted molar refractivity (Wildman–Crippen MR) is 92.3 cm³/mol. The van der Waals surface area contributed by atoms with Gasteiger partial charge in [-0.15, -0.1) is 11.6 Å². The van der Waals surface area contributed by atoms with Gasteiger partial charge >= 0.3 is 0 Å². The van der Waals surface area contributed by atoms with E-state index in [9.17, 15) is 0 Å². The fraction of sp³-hybridized carbons (Fsp3) is 0.188. The second-order valence-corrected chi connectivity index (χ2v) is 6.84. The standard InChI is InChI=1S/C16H13BrCl2N2/c1-10(18)16-20-14-7-6-12(19)8-15(14)21(16)9-11-4-2-3-5-13(11)17/h2-8,10H,9H2,1H3. The molecule has 1 unspecified atom stereocenters. The molecule has 3 aromatic rings. The predicted octanol–water partition coefficient (Wildman–Crippen LogP) is 5.80. The van der Waals surface area contributed by atoms with E-state index in [-0.39, 0.29) is 5.38 Å². The van der Waals surface area contributed by atoms with Gasteiger partial charge in [0.25, 0.3) is 0 Å². The van der Waals surface area contributed by atoms with Crippen LogP contribution in [0.3, 0.4) is 0 Å². The number of hydrogen-bond acceptors (Lipinski definition) is 1. The lowest BCUT2D eigenvalue weighted by atomic mass is 10.2. The Hall–Kier alpha value is -1.03. The normalized spacial score (nSPS) is 12.8. The molecule has 2 nitrogen and oxygen atoms in total.